The zero-order valence-electron chi connectivity index (χ0n) is 19.3. The van der Waals surface area contributed by atoms with Crippen LogP contribution >= 0.6 is 11.3 Å². The number of carbonyl (C=O) groups excluding carboxylic acids is 2. The Morgan fingerprint density at radius 3 is 2.50 bits per heavy atom. The summed E-state index contributed by atoms with van der Waals surface area (Å²) in [5, 5.41) is 21.5. The fourth-order valence-electron chi connectivity index (χ4n) is 4.47. The third-order valence-corrected chi connectivity index (χ3v) is 7.52. The van der Waals surface area contributed by atoms with Crippen LogP contribution in [0.1, 0.15) is 28.3 Å². The number of amides is 1. The molecule has 4 aromatic rings. The maximum atomic E-state index is 13.4. The molecule has 1 atom stereocenters. The fraction of sp³-hybridized carbons (Fsp3) is 0.148. The van der Waals surface area contributed by atoms with Crippen LogP contribution in [-0.4, -0.2) is 33.7 Å². The highest BCUT2D eigenvalue weighted by atomic mass is 32.1. The minimum atomic E-state index is -0.946. The number of aromatic nitrogens is 1. The standard InChI is InChI=1S/C27H20N2O6S/c1-13-9-18-21(10-14(13)2)36-27(28-18)29-23(15-3-6-17(30)7-4-15)22(25(32)26(29)33)24(31)16-5-8-19-20(11-16)35-12-34-19/h3-11,23,30-31H,12H2,1-2H3/b24-22+. The van der Waals surface area contributed by atoms with E-state index in [4.69, 9.17) is 9.47 Å². The molecule has 2 aliphatic heterocycles. The molecule has 0 bridgehead atoms. The van der Waals surface area contributed by atoms with E-state index in [0.717, 1.165) is 21.3 Å². The Hall–Kier alpha value is -4.37. The monoisotopic (exact) mass is 500 g/mol. The van der Waals surface area contributed by atoms with Crippen LogP contribution in [0.4, 0.5) is 5.13 Å². The molecule has 1 fully saturated rings. The van der Waals surface area contributed by atoms with Gasteiger partial charge in [-0.25, -0.2) is 4.98 Å². The number of carbonyl (C=O) groups is 2. The van der Waals surface area contributed by atoms with E-state index in [1.807, 2.05) is 26.0 Å². The number of ketones is 1. The van der Waals surface area contributed by atoms with Crippen molar-refractivity contribution in [3.05, 3.63) is 82.4 Å². The van der Waals surface area contributed by atoms with Crippen LogP contribution < -0.4 is 14.4 Å². The third kappa shape index (κ3) is 3.39. The number of phenolic OH excluding ortho intramolecular Hbond substituents is 1. The average Bonchev–Trinajstić information content (AvgIpc) is 3.55. The second kappa shape index (κ2) is 8.10. The van der Waals surface area contributed by atoms with E-state index >= 15 is 0 Å². The van der Waals surface area contributed by atoms with Crippen LogP contribution in [0.25, 0.3) is 16.0 Å². The van der Waals surface area contributed by atoms with Crippen molar-refractivity contribution in [3.8, 4) is 17.2 Å². The lowest BCUT2D eigenvalue weighted by Crippen LogP contribution is -2.29. The van der Waals surface area contributed by atoms with Gasteiger partial charge in [0, 0.05) is 5.56 Å². The summed E-state index contributed by atoms with van der Waals surface area (Å²) in [6, 6.07) is 14.0. The minimum absolute atomic E-state index is 0.0393. The number of nitrogens with zero attached hydrogens (tertiary/aromatic N) is 2. The maximum absolute atomic E-state index is 13.4. The minimum Gasteiger partial charge on any atom is -0.508 e. The van der Waals surface area contributed by atoms with Crippen molar-refractivity contribution in [2.75, 3.05) is 11.7 Å². The van der Waals surface area contributed by atoms with Crippen LogP contribution in [0.3, 0.4) is 0 Å². The first-order chi connectivity index (χ1) is 17.3. The number of hydrogen-bond acceptors (Lipinski definition) is 8. The highest BCUT2D eigenvalue weighted by molar-refractivity contribution is 7.22. The molecule has 36 heavy (non-hydrogen) atoms. The molecule has 6 rings (SSSR count). The first-order valence-corrected chi connectivity index (χ1v) is 12.0. The summed E-state index contributed by atoms with van der Waals surface area (Å²) >= 11 is 1.30. The highest BCUT2D eigenvalue weighted by Crippen LogP contribution is 2.45. The summed E-state index contributed by atoms with van der Waals surface area (Å²) in [4.78, 5) is 32.8. The number of aryl methyl sites for hydroxylation is 2. The normalized spacial score (nSPS) is 18.4. The Morgan fingerprint density at radius 2 is 1.72 bits per heavy atom. The van der Waals surface area contributed by atoms with Crippen molar-refractivity contribution in [1.29, 1.82) is 0 Å². The predicted octanol–water partition coefficient (Wildman–Crippen LogP) is 4.97. The van der Waals surface area contributed by atoms with Crippen molar-refractivity contribution in [3.63, 3.8) is 0 Å². The van der Waals surface area contributed by atoms with Crippen LogP contribution in [0, 0.1) is 13.8 Å². The topological polar surface area (TPSA) is 109 Å². The average molecular weight is 501 g/mol. The molecule has 2 N–H and O–H groups in total. The van der Waals surface area contributed by atoms with Gasteiger partial charge in [-0.2, -0.15) is 0 Å². The number of ether oxygens (including phenoxy) is 2. The van der Waals surface area contributed by atoms with E-state index in [9.17, 15) is 19.8 Å². The molecule has 3 heterocycles. The molecule has 1 unspecified atom stereocenters. The van der Waals surface area contributed by atoms with E-state index in [0.29, 0.717) is 27.8 Å². The zero-order chi connectivity index (χ0) is 25.1. The molecule has 2 aliphatic rings. The number of aromatic hydroxyl groups is 1. The van der Waals surface area contributed by atoms with Gasteiger partial charge in [-0.15, -0.1) is 0 Å². The summed E-state index contributed by atoms with van der Waals surface area (Å²) in [7, 11) is 0. The number of aliphatic hydroxyl groups is 1. The van der Waals surface area contributed by atoms with Crippen LogP contribution in [-0.2, 0) is 9.59 Å². The summed E-state index contributed by atoms with van der Waals surface area (Å²) in [5.41, 5.74) is 3.67. The van der Waals surface area contributed by atoms with E-state index < -0.39 is 17.7 Å². The molecule has 3 aromatic carbocycles. The Bertz CT molecular complexity index is 1570. The first kappa shape index (κ1) is 22.1. The molecule has 0 saturated carbocycles. The quantitative estimate of drug-likeness (QED) is 0.232. The number of fused-ring (bicyclic) bond motifs is 2. The molecule has 8 nitrogen and oxygen atoms in total. The smallest absolute Gasteiger partial charge is 0.301 e. The number of phenols is 1. The molecule has 1 amide bonds. The van der Waals surface area contributed by atoms with Crippen molar-refractivity contribution in [2.24, 2.45) is 0 Å². The molecular formula is C27H20N2O6S. The highest BCUT2D eigenvalue weighted by Gasteiger charge is 2.48. The van der Waals surface area contributed by atoms with Crippen molar-refractivity contribution in [2.45, 2.75) is 19.9 Å². The molecule has 9 heteroatoms. The van der Waals surface area contributed by atoms with Gasteiger partial charge in [-0.05, 0) is 73.0 Å². The second-order valence-corrected chi connectivity index (χ2v) is 9.74. The van der Waals surface area contributed by atoms with E-state index in [-0.39, 0.29) is 23.9 Å². The lowest BCUT2D eigenvalue weighted by atomic mass is 9.95. The van der Waals surface area contributed by atoms with Crippen molar-refractivity contribution < 1.29 is 29.3 Å². The summed E-state index contributed by atoms with van der Waals surface area (Å²) in [6.45, 7) is 4.05. The van der Waals surface area contributed by atoms with Gasteiger partial charge in [0.15, 0.2) is 16.6 Å². The number of rotatable bonds is 3. The molecular weight excluding hydrogens is 480 g/mol. The fourth-order valence-corrected chi connectivity index (χ4v) is 5.54. The Labute approximate surface area is 209 Å². The molecule has 0 radical (unpaired) electrons. The Morgan fingerprint density at radius 1 is 1.00 bits per heavy atom. The van der Waals surface area contributed by atoms with E-state index in [1.54, 1.807) is 30.3 Å². The molecule has 0 spiro atoms. The summed E-state index contributed by atoms with van der Waals surface area (Å²) < 4.78 is 11.6. The number of benzene rings is 3. The van der Waals surface area contributed by atoms with Crippen molar-refractivity contribution in [1.82, 2.24) is 4.98 Å². The van der Waals surface area contributed by atoms with Gasteiger partial charge in [-0.1, -0.05) is 23.5 Å². The zero-order valence-corrected chi connectivity index (χ0v) is 20.1. The largest absolute Gasteiger partial charge is 0.508 e. The van der Waals surface area contributed by atoms with Crippen LogP contribution in [0.15, 0.2) is 60.2 Å². The van der Waals surface area contributed by atoms with E-state index in [1.165, 1.54) is 28.4 Å². The lowest BCUT2D eigenvalue weighted by Gasteiger charge is -2.23. The Balaban J connectivity index is 1.55. The Kier molecular flexibility index (Phi) is 4.97. The number of Topliss-reactive ketones (excluding diaryl/α,β-unsaturated/α-hetero) is 1. The third-order valence-electron chi connectivity index (χ3n) is 6.50. The molecule has 1 saturated heterocycles. The van der Waals surface area contributed by atoms with Crippen LogP contribution in [0.2, 0.25) is 0 Å². The molecule has 0 aliphatic carbocycles. The number of thiazole rings is 1. The van der Waals surface area contributed by atoms with Gasteiger partial charge in [0.05, 0.1) is 21.8 Å². The van der Waals surface area contributed by atoms with Gasteiger partial charge < -0.3 is 19.7 Å². The van der Waals surface area contributed by atoms with Gasteiger partial charge >= 0.3 is 5.91 Å². The number of aliphatic hydroxyl groups excluding tert-OH is 1. The summed E-state index contributed by atoms with van der Waals surface area (Å²) in [6.07, 6.45) is 0. The van der Waals surface area contributed by atoms with Gasteiger partial charge in [0.1, 0.15) is 11.5 Å². The second-order valence-electron chi connectivity index (χ2n) is 8.73. The SMILES string of the molecule is Cc1cc2nc(N3C(=O)C(=O)/C(=C(/O)c4ccc5c(c4)OCO5)C3c3ccc(O)cc3)sc2cc1C. The number of anilines is 1. The molecule has 180 valence electrons. The van der Waals surface area contributed by atoms with Gasteiger partial charge in [0.2, 0.25) is 6.79 Å². The van der Waals surface area contributed by atoms with Crippen molar-refractivity contribution >= 4 is 44.1 Å². The van der Waals surface area contributed by atoms with Gasteiger partial charge in [0.25, 0.3) is 5.78 Å². The predicted molar refractivity (Wildman–Crippen MR) is 135 cm³/mol. The number of hydrogen-bond donors (Lipinski definition) is 2. The lowest BCUT2D eigenvalue weighted by molar-refractivity contribution is -0.132. The molecule has 1 aromatic heterocycles. The summed E-state index contributed by atoms with van der Waals surface area (Å²) in [5.74, 6) is -0.941. The maximum Gasteiger partial charge on any atom is 0.301 e. The van der Waals surface area contributed by atoms with Gasteiger partial charge in [-0.3, -0.25) is 14.5 Å². The first-order valence-electron chi connectivity index (χ1n) is 11.2. The van der Waals surface area contributed by atoms with Crippen LogP contribution in [0.5, 0.6) is 17.2 Å². The van der Waals surface area contributed by atoms with E-state index in [2.05, 4.69) is 4.98 Å².